The maximum absolute atomic E-state index is 10.7. The van der Waals surface area contributed by atoms with Crippen LogP contribution in [0.5, 0.6) is 0 Å². The summed E-state index contributed by atoms with van der Waals surface area (Å²) in [7, 11) is 1.88. The zero-order chi connectivity index (χ0) is 10.3. The lowest BCUT2D eigenvalue weighted by Crippen LogP contribution is -2.10. The highest BCUT2D eigenvalue weighted by atomic mass is 16.4. The molecule has 1 aliphatic carbocycles. The molecular formula is C10H14N2O2. The van der Waals surface area contributed by atoms with Crippen molar-refractivity contribution in [2.75, 3.05) is 0 Å². The minimum atomic E-state index is -0.724. The molecule has 76 valence electrons. The molecule has 0 spiro atoms. The number of aliphatic carboxylic acids is 1. The minimum absolute atomic E-state index is 0.149. The average Bonchev–Trinajstić information content (AvgIpc) is 2.51. The van der Waals surface area contributed by atoms with Gasteiger partial charge < -0.3 is 5.11 Å². The van der Waals surface area contributed by atoms with Crippen molar-refractivity contribution in [1.82, 2.24) is 9.78 Å². The van der Waals surface area contributed by atoms with Crippen LogP contribution in [0.15, 0.2) is 6.20 Å². The van der Waals surface area contributed by atoms with E-state index in [4.69, 9.17) is 5.11 Å². The lowest BCUT2D eigenvalue weighted by molar-refractivity contribution is -0.137. The van der Waals surface area contributed by atoms with E-state index in [9.17, 15) is 4.79 Å². The van der Waals surface area contributed by atoms with Gasteiger partial charge in [0.15, 0.2) is 0 Å². The second-order valence-corrected chi connectivity index (χ2v) is 4.09. The Morgan fingerprint density at radius 3 is 3.14 bits per heavy atom. The topological polar surface area (TPSA) is 55.1 Å². The summed E-state index contributed by atoms with van der Waals surface area (Å²) >= 11 is 0. The Hall–Kier alpha value is -1.32. The molecule has 0 aliphatic heterocycles. The van der Waals surface area contributed by atoms with Gasteiger partial charge in [-0.1, -0.05) is 6.92 Å². The van der Waals surface area contributed by atoms with Gasteiger partial charge in [-0.05, 0) is 17.9 Å². The fraction of sp³-hybridized carbons (Fsp3) is 0.600. The smallest absolute Gasteiger partial charge is 0.303 e. The van der Waals surface area contributed by atoms with Crippen LogP contribution in [0.25, 0.3) is 0 Å². The van der Waals surface area contributed by atoms with Crippen LogP contribution in [0.1, 0.15) is 30.5 Å². The maximum Gasteiger partial charge on any atom is 0.303 e. The van der Waals surface area contributed by atoms with Crippen molar-refractivity contribution >= 4 is 5.97 Å². The molecule has 0 saturated carbocycles. The van der Waals surface area contributed by atoms with Crippen LogP contribution in [-0.2, 0) is 18.3 Å². The monoisotopic (exact) mass is 194 g/mol. The molecule has 1 N–H and O–H groups in total. The number of aromatic nitrogens is 2. The van der Waals surface area contributed by atoms with E-state index >= 15 is 0 Å². The van der Waals surface area contributed by atoms with Gasteiger partial charge in [0.2, 0.25) is 0 Å². The molecule has 1 aliphatic rings. The molecule has 1 aromatic heterocycles. The number of hydrogen-bond donors (Lipinski definition) is 1. The molecule has 0 aromatic carbocycles. The van der Waals surface area contributed by atoms with Crippen molar-refractivity contribution in [1.29, 1.82) is 0 Å². The summed E-state index contributed by atoms with van der Waals surface area (Å²) in [5.74, 6) is -0.167. The first-order valence-electron chi connectivity index (χ1n) is 4.82. The summed E-state index contributed by atoms with van der Waals surface area (Å²) in [5, 5.41) is 13.1. The molecule has 4 heteroatoms. The zero-order valence-corrected chi connectivity index (χ0v) is 8.40. The van der Waals surface area contributed by atoms with Gasteiger partial charge in [0.05, 0.1) is 12.1 Å². The third-order valence-corrected chi connectivity index (χ3v) is 2.93. The lowest BCUT2D eigenvalue weighted by Gasteiger charge is -2.12. The van der Waals surface area contributed by atoms with Crippen molar-refractivity contribution < 1.29 is 9.90 Å². The molecule has 1 heterocycles. The predicted octanol–water partition coefficient (Wildman–Crippen LogP) is 1.17. The normalized spacial score (nSPS) is 25.0. The van der Waals surface area contributed by atoms with Gasteiger partial charge >= 0.3 is 5.97 Å². The van der Waals surface area contributed by atoms with Crippen molar-refractivity contribution in [2.45, 2.75) is 25.7 Å². The van der Waals surface area contributed by atoms with Gasteiger partial charge in [-0.25, -0.2) is 0 Å². The van der Waals surface area contributed by atoms with Crippen molar-refractivity contribution in [3.8, 4) is 0 Å². The van der Waals surface area contributed by atoms with E-state index in [0.29, 0.717) is 5.92 Å². The number of nitrogens with zero attached hydrogens (tertiary/aromatic N) is 2. The van der Waals surface area contributed by atoms with Crippen LogP contribution in [-0.4, -0.2) is 20.9 Å². The van der Waals surface area contributed by atoms with Gasteiger partial charge in [-0.15, -0.1) is 0 Å². The van der Waals surface area contributed by atoms with Crippen molar-refractivity contribution in [3.05, 3.63) is 17.5 Å². The van der Waals surface area contributed by atoms with Gasteiger partial charge in [-0.3, -0.25) is 9.48 Å². The molecule has 14 heavy (non-hydrogen) atoms. The van der Waals surface area contributed by atoms with Crippen LogP contribution >= 0.6 is 0 Å². The summed E-state index contributed by atoms with van der Waals surface area (Å²) in [6.07, 6.45) is 3.08. The van der Waals surface area contributed by atoms with Gasteiger partial charge in [0.25, 0.3) is 0 Å². The highest BCUT2D eigenvalue weighted by molar-refractivity contribution is 5.68. The molecule has 0 amide bonds. The van der Waals surface area contributed by atoms with Gasteiger partial charge in [0.1, 0.15) is 0 Å². The Morgan fingerprint density at radius 2 is 2.50 bits per heavy atom. The Kier molecular flexibility index (Phi) is 2.06. The summed E-state index contributed by atoms with van der Waals surface area (Å²) in [4.78, 5) is 10.7. The fourth-order valence-electron chi connectivity index (χ4n) is 2.27. The molecule has 0 saturated heterocycles. The highest BCUT2D eigenvalue weighted by Crippen LogP contribution is 2.38. The van der Waals surface area contributed by atoms with E-state index in [1.54, 1.807) is 4.68 Å². The molecule has 2 rings (SSSR count). The Balaban J connectivity index is 2.28. The third kappa shape index (κ3) is 1.41. The van der Waals surface area contributed by atoms with E-state index in [-0.39, 0.29) is 12.3 Å². The summed E-state index contributed by atoms with van der Waals surface area (Å²) in [5.41, 5.74) is 2.20. The summed E-state index contributed by atoms with van der Waals surface area (Å²) in [6.45, 7) is 2.09. The first-order chi connectivity index (χ1) is 6.58. The molecule has 0 bridgehead atoms. The van der Waals surface area contributed by atoms with Crippen LogP contribution in [0.4, 0.5) is 0 Å². The molecule has 0 radical (unpaired) electrons. The third-order valence-electron chi connectivity index (χ3n) is 2.93. The molecule has 2 atom stereocenters. The SMILES string of the molecule is CC1Cc2nn(C)cc2C1CC(=O)O. The van der Waals surface area contributed by atoms with Crippen molar-refractivity contribution in [2.24, 2.45) is 13.0 Å². The standard InChI is InChI=1S/C10H14N2O2/c1-6-3-9-8(5-12(2)11-9)7(6)4-10(13)14/h5-7H,3-4H2,1-2H3,(H,13,14). The minimum Gasteiger partial charge on any atom is -0.481 e. The first-order valence-corrected chi connectivity index (χ1v) is 4.82. The number of carboxylic acid groups (broad SMARTS) is 1. The van der Waals surface area contributed by atoms with Gasteiger partial charge in [0, 0.05) is 19.2 Å². The number of carbonyl (C=O) groups is 1. The first kappa shape index (κ1) is 9.24. The Morgan fingerprint density at radius 1 is 1.79 bits per heavy atom. The van der Waals surface area contributed by atoms with E-state index in [1.807, 2.05) is 13.2 Å². The summed E-state index contributed by atoms with van der Waals surface area (Å²) < 4.78 is 1.77. The van der Waals surface area contributed by atoms with E-state index in [2.05, 4.69) is 12.0 Å². The number of hydrogen-bond acceptors (Lipinski definition) is 2. The molecular weight excluding hydrogens is 180 g/mol. The molecule has 2 unspecified atom stereocenters. The van der Waals surface area contributed by atoms with Crippen LogP contribution < -0.4 is 0 Å². The molecule has 1 aromatic rings. The van der Waals surface area contributed by atoms with Gasteiger partial charge in [-0.2, -0.15) is 5.10 Å². The molecule has 0 fully saturated rings. The lowest BCUT2D eigenvalue weighted by atomic mass is 9.92. The Labute approximate surface area is 82.5 Å². The van der Waals surface area contributed by atoms with E-state index < -0.39 is 5.97 Å². The number of rotatable bonds is 2. The van der Waals surface area contributed by atoms with Crippen molar-refractivity contribution in [3.63, 3.8) is 0 Å². The Bertz CT molecular complexity index is 370. The number of fused-ring (bicyclic) bond motifs is 1. The fourth-order valence-corrected chi connectivity index (χ4v) is 2.27. The average molecular weight is 194 g/mol. The largest absolute Gasteiger partial charge is 0.481 e. The van der Waals surface area contributed by atoms with Crippen LogP contribution in [0.2, 0.25) is 0 Å². The summed E-state index contributed by atoms with van der Waals surface area (Å²) in [6, 6.07) is 0. The zero-order valence-electron chi connectivity index (χ0n) is 8.40. The maximum atomic E-state index is 10.7. The van der Waals surface area contributed by atoms with Crippen LogP contribution in [0, 0.1) is 5.92 Å². The second-order valence-electron chi connectivity index (χ2n) is 4.09. The molecule has 4 nitrogen and oxygen atoms in total. The number of carboxylic acids is 1. The quantitative estimate of drug-likeness (QED) is 0.768. The predicted molar refractivity (Wildman–Crippen MR) is 51.1 cm³/mol. The van der Waals surface area contributed by atoms with E-state index in [0.717, 1.165) is 17.7 Å². The van der Waals surface area contributed by atoms with E-state index in [1.165, 1.54) is 0 Å². The second kappa shape index (κ2) is 3.12. The highest BCUT2D eigenvalue weighted by Gasteiger charge is 2.33. The van der Waals surface area contributed by atoms with Crippen LogP contribution in [0.3, 0.4) is 0 Å². The number of aryl methyl sites for hydroxylation is 1.